The van der Waals surface area contributed by atoms with Crippen LogP contribution in [0.2, 0.25) is 5.02 Å². The lowest BCUT2D eigenvalue weighted by Gasteiger charge is -2.21. The van der Waals surface area contributed by atoms with E-state index in [-0.39, 0.29) is 0 Å². The van der Waals surface area contributed by atoms with E-state index in [2.05, 4.69) is 22.1 Å². The predicted molar refractivity (Wildman–Crippen MR) is 71.2 cm³/mol. The van der Waals surface area contributed by atoms with E-state index in [1.54, 1.807) is 12.4 Å². The molecule has 1 atom stereocenters. The van der Waals surface area contributed by atoms with Crippen LogP contribution in [0.15, 0.2) is 18.5 Å². The molecule has 2 heterocycles. The lowest BCUT2D eigenvalue weighted by atomic mass is 10.2. The molecule has 1 aromatic rings. The maximum absolute atomic E-state index is 6.07. The van der Waals surface area contributed by atoms with Gasteiger partial charge >= 0.3 is 0 Å². The maximum Gasteiger partial charge on any atom is 0.0634 e. The molecule has 3 nitrogen and oxygen atoms in total. The number of rotatable bonds is 5. The van der Waals surface area contributed by atoms with E-state index in [1.165, 1.54) is 25.9 Å². The van der Waals surface area contributed by atoms with Crippen molar-refractivity contribution in [3.05, 3.63) is 29.0 Å². The van der Waals surface area contributed by atoms with Gasteiger partial charge in [-0.25, -0.2) is 0 Å². The van der Waals surface area contributed by atoms with E-state index in [4.69, 9.17) is 11.6 Å². The zero-order valence-corrected chi connectivity index (χ0v) is 11.1. The molecule has 1 N–H and O–H groups in total. The second-order valence-corrected chi connectivity index (χ2v) is 5.16. The SMILES string of the molecule is CC(CN1CCCC1)NCc1ccncc1Cl. The lowest BCUT2D eigenvalue weighted by Crippen LogP contribution is -2.37. The van der Waals surface area contributed by atoms with Gasteiger partial charge in [-0.05, 0) is 44.5 Å². The van der Waals surface area contributed by atoms with Gasteiger partial charge in [0, 0.05) is 31.5 Å². The Bertz CT molecular complexity index is 350. The molecular formula is C13H20ClN3. The summed E-state index contributed by atoms with van der Waals surface area (Å²) < 4.78 is 0. The molecule has 1 fully saturated rings. The maximum atomic E-state index is 6.07. The molecule has 1 aliphatic rings. The molecular weight excluding hydrogens is 234 g/mol. The average molecular weight is 254 g/mol. The van der Waals surface area contributed by atoms with Crippen molar-refractivity contribution in [3.63, 3.8) is 0 Å². The van der Waals surface area contributed by atoms with Crippen LogP contribution in [0.4, 0.5) is 0 Å². The summed E-state index contributed by atoms with van der Waals surface area (Å²) >= 11 is 6.07. The van der Waals surface area contributed by atoms with Crippen LogP contribution in [0.5, 0.6) is 0 Å². The van der Waals surface area contributed by atoms with E-state index < -0.39 is 0 Å². The van der Waals surface area contributed by atoms with Crippen LogP contribution in [0, 0.1) is 0 Å². The van der Waals surface area contributed by atoms with Gasteiger partial charge in [0.1, 0.15) is 0 Å². The van der Waals surface area contributed by atoms with Gasteiger partial charge < -0.3 is 10.2 Å². The van der Waals surface area contributed by atoms with E-state index >= 15 is 0 Å². The zero-order valence-electron chi connectivity index (χ0n) is 10.3. The van der Waals surface area contributed by atoms with Gasteiger partial charge in [0.15, 0.2) is 0 Å². The third-order valence-electron chi connectivity index (χ3n) is 3.23. The van der Waals surface area contributed by atoms with Gasteiger partial charge in [-0.2, -0.15) is 0 Å². The van der Waals surface area contributed by atoms with Crippen LogP contribution in [0.3, 0.4) is 0 Å². The van der Waals surface area contributed by atoms with Crippen molar-refractivity contribution in [1.82, 2.24) is 15.2 Å². The summed E-state index contributed by atoms with van der Waals surface area (Å²) in [6, 6.07) is 2.47. The lowest BCUT2D eigenvalue weighted by molar-refractivity contribution is 0.298. The molecule has 0 amide bonds. The Balaban J connectivity index is 1.75. The molecule has 1 aromatic heterocycles. The van der Waals surface area contributed by atoms with Crippen LogP contribution in [0.1, 0.15) is 25.3 Å². The molecule has 94 valence electrons. The van der Waals surface area contributed by atoms with Crippen LogP contribution in [0.25, 0.3) is 0 Å². The van der Waals surface area contributed by atoms with Gasteiger partial charge in [0.25, 0.3) is 0 Å². The topological polar surface area (TPSA) is 28.2 Å². The Morgan fingerprint density at radius 2 is 2.24 bits per heavy atom. The van der Waals surface area contributed by atoms with Gasteiger partial charge in [0.05, 0.1) is 5.02 Å². The largest absolute Gasteiger partial charge is 0.309 e. The molecule has 0 bridgehead atoms. The van der Waals surface area contributed by atoms with Crippen LogP contribution >= 0.6 is 11.6 Å². The summed E-state index contributed by atoms with van der Waals surface area (Å²) in [5, 5.41) is 4.26. The highest BCUT2D eigenvalue weighted by Gasteiger charge is 2.14. The molecule has 4 heteroatoms. The number of halogens is 1. The average Bonchev–Trinajstić information content (AvgIpc) is 2.81. The van der Waals surface area contributed by atoms with Crippen LogP contribution in [-0.2, 0) is 6.54 Å². The molecule has 0 spiro atoms. The Hall–Kier alpha value is -0.640. The number of aromatic nitrogens is 1. The highest BCUT2D eigenvalue weighted by atomic mass is 35.5. The van der Waals surface area contributed by atoms with E-state index in [0.29, 0.717) is 6.04 Å². The van der Waals surface area contributed by atoms with Gasteiger partial charge in [-0.15, -0.1) is 0 Å². The second kappa shape index (κ2) is 6.34. The quantitative estimate of drug-likeness (QED) is 0.873. The van der Waals surface area contributed by atoms with Crippen molar-refractivity contribution in [2.24, 2.45) is 0 Å². The standard InChI is InChI=1S/C13H20ClN3/c1-11(10-17-6-2-3-7-17)16-8-12-4-5-15-9-13(12)14/h4-5,9,11,16H,2-3,6-8,10H2,1H3. The van der Waals surface area contributed by atoms with E-state index in [0.717, 1.165) is 23.7 Å². The van der Waals surface area contributed by atoms with Crippen LogP contribution < -0.4 is 5.32 Å². The monoisotopic (exact) mass is 253 g/mol. The molecule has 2 rings (SSSR count). The zero-order chi connectivity index (χ0) is 12.1. The minimum Gasteiger partial charge on any atom is -0.309 e. The van der Waals surface area contributed by atoms with Crippen molar-refractivity contribution in [3.8, 4) is 0 Å². The highest BCUT2D eigenvalue weighted by Crippen LogP contribution is 2.13. The molecule has 0 aromatic carbocycles. The first-order chi connectivity index (χ1) is 8.25. The summed E-state index contributed by atoms with van der Waals surface area (Å²) in [5.41, 5.74) is 1.12. The fraction of sp³-hybridized carbons (Fsp3) is 0.615. The predicted octanol–water partition coefficient (Wildman–Crippen LogP) is 2.31. The minimum absolute atomic E-state index is 0.498. The number of nitrogens with zero attached hydrogens (tertiary/aromatic N) is 2. The van der Waals surface area contributed by atoms with Gasteiger partial charge in [0.2, 0.25) is 0 Å². The Morgan fingerprint density at radius 1 is 1.47 bits per heavy atom. The Morgan fingerprint density at radius 3 is 2.94 bits per heavy atom. The van der Waals surface area contributed by atoms with Crippen molar-refractivity contribution >= 4 is 11.6 Å². The number of hydrogen-bond donors (Lipinski definition) is 1. The molecule has 17 heavy (non-hydrogen) atoms. The Labute approximate surface area is 108 Å². The van der Waals surface area contributed by atoms with Crippen LogP contribution in [-0.4, -0.2) is 35.6 Å². The van der Waals surface area contributed by atoms with Gasteiger partial charge in [-0.3, -0.25) is 4.98 Å². The summed E-state index contributed by atoms with van der Waals surface area (Å²) in [6.45, 7) is 6.68. The summed E-state index contributed by atoms with van der Waals surface area (Å²) in [4.78, 5) is 6.51. The number of hydrogen-bond acceptors (Lipinski definition) is 3. The molecule has 0 aliphatic carbocycles. The first-order valence-electron chi connectivity index (χ1n) is 6.30. The number of likely N-dealkylation sites (tertiary alicyclic amines) is 1. The normalized spacial score (nSPS) is 18.5. The van der Waals surface area contributed by atoms with Crippen molar-refractivity contribution in [1.29, 1.82) is 0 Å². The fourth-order valence-electron chi connectivity index (χ4n) is 2.25. The smallest absolute Gasteiger partial charge is 0.0634 e. The van der Waals surface area contributed by atoms with E-state index in [1.807, 2.05) is 6.07 Å². The fourth-order valence-corrected chi connectivity index (χ4v) is 2.43. The first-order valence-corrected chi connectivity index (χ1v) is 6.67. The van der Waals surface area contributed by atoms with Crippen molar-refractivity contribution in [2.45, 2.75) is 32.4 Å². The second-order valence-electron chi connectivity index (χ2n) is 4.76. The molecule has 1 unspecified atom stereocenters. The third-order valence-corrected chi connectivity index (χ3v) is 3.57. The van der Waals surface area contributed by atoms with E-state index in [9.17, 15) is 0 Å². The third kappa shape index (κ3) is 3.95. The molecule has 0 radical (unpaired) electrons. The number of pyridine rings is 1. The van der Waals surface area contributed by atoms with Crippen molar-refractivity contribution in [2.75, 3.05) is 19.6 Å². The first kappa shape index (κ1) is 12.8. The van der Waals surface area contributed by atoms with Crippen molar-refractivity contribution < 1.29 is 0 Å². The molecule has 1 saturated heterocycles. The molecule has 0 saturated carbocycles. The summed E-state index contributed by atoms with van der Waals surface area (Å²) in [7, 11) is 0. The van der Waals surface area contributed by atoms with Gasteiger partial charge in [-0.1, -0.05) is 11.6 Å². The summed E-state index contributed by atoms with van der Waals surface area (Å²) in [6.07, 6.45) is 6.18. The highest BCUT2D eigenvalue weighted by molar-refractivity contribution is 6.31. The minimum atomic E-state index is 0.498. The molecule has 1 aliphatic heterocycles. The summed E-state index contributed by atoms with van der Waals surface area (Å²) in [5.74, 6) is 0. The number of nitrogens with one attached hydrogen (secondary N) is 1. The Kier molecular flexibility index (Phi) is 4.77.